The van der Waals surface area contributed by atoms with Crippen LogP contribution in [0.15, 0.2) is 15.9 Å². The second kappa shape index (κ2) is 8.30. The molecule has 4 rings (SSSR count). The van der Waals surface area contributed by atoms with Gasteiger partial charge in [0.2, 0.25) is 5.91 Å². The maximum absolute atomic E-state index is 12.9. The zero-order valence-electron chi connectivity index (χ0n) is 19.6. The predicted molar refractivity (Wildman–Crippen MR) is 127 cm³/mol. The number of fused-ring (bicyclic) bond motifs is 2. The lowest BCUT2D eigenvalue weighted by Crippen LogP contribution is -2.37. The number of carbonyl (C=O) groups excluding carboxylic acids is 1. The third kappa shape index (κ3) is 3.80. The molecule has 3 aromatic rings. The van der Waals surface area contributed by atoms with Gasteiger partial charge in [-0.1, -0.05) is 27.2 Å². The number of anilines is 1. The van der Waals surface area contributed by atoms with Crippen molar-refractivity contribution in [2.24, 2.45) is 25.4 Å². The molecule has 174 valence electrons. The highest BCUT2D eigenvalue weighted by Gasteiger charge is 2.34. The Morgan fingerprint density at radius 2 is 2.06 bits per heavy atom. The summed E-state index contributed by atoms with van der Waals surface area (Å²) in [6.07, 6.45) is 5.27. The van der Waals surface area contributed by atoms with Crippen LogP contribution in [-0.4, -0.2) is 24.6 Å². The van der Waals surface area contributed by atoms with E-state index in [1.54, 1.807) is 0 Å². The Hall–Kier alpha value is -3.19. The Bertz CT molecular complexity index is 1420. The van der Waals surface area contributed by atoms with Gasteiger partial charge in [0.25, 0.3) is 5.56 Å². The van der Waals surface area contributed by atoms with E-state index in [0.717, 1.165) is 35.8 Å². The lowest BCUT2D eigenvalue weighted by molar-refractivity contribution is -0.116. The molecule has 10 heteroatoms. The monoisotopic (exact) mass is 468 g/mol. The summed E-state index contributed by atoms with van der Waals surface area (Å²) in [6.45, 7) is 6.64. The largest absolute Gasteiger partial charge is 0.332 e. The minimum Gasteiger partial charge on any atom is -0.315 e. The third-order valence-corrected chi connectivity index (χ3v) is 8.35. The predicted octanol–water partition coefficient (Wildman–Crippen LogP) is 2.55. The van der Waals surface area contributed by atoms with Crippen LogP contribution in [0.1, 0.15) is 49.6 Å². The number of hydrogen-bond donors (Lipinski definition) is 1. The Labute approximate surface area is 195 Å². The van der Waals surface area contributed by atoms with E-state index in [1.165, 1.54) is 45.8 Å². The average Bonchev–Trinajstić information content (AvgIpc) is 3.36. The smallest absolute Gasteiger partial charge is 0.315 e. The molecule has 0 fully saturated rings. The van der Waals surface area contributed by atoms with E-state index in [9.17, 15) is 19.6 Å². The summed E-state index contributed by atoms with van der Waals surface area (Å²) in [5.74, 6) is 0.189. The Balaban J connectivity index is 1.60. The average molecular weight is 469 g/mol. The van der Waals surface area contributed by atoms with Crippen LogP contribution in [0, 0.1) is 22.7 Å². The number of nitrogens with one attached hydrogen (secondary N) is 1. The first-order chi connectivity index (χ1) is 15.6. The fourth-order valence-electron chi connectivity index (χ4n) is 4.59. The number of imidazole rings is 1. The number of thiophene rings is 1. The van der Waals surface area contributed by atoms with Gasteiger partial charge in [0.15, 0.2) is 11.2 Å². The lowest BCUT2D eigenvalue weighted by atomic mass is 9.69. The van der Waals surface area contributed by atoms with Gasteiger partial charge in [-0.2, -0.15) is 5.26 Å². The molecular formula is C23H28N6O3S. The molecule has 0 saturated heterocycles. The summed E-state index contributed by atoms with van der Waals surface area (Å²) >= 11 is 1.48. The number of nitriles is 1. The number of carbonyl (C=O) groups is 1. The highest BCUT2D eigenvalue weighted by molar-refractivity contribution is 7.16. The van der Waals surface area contributed by atoms with Crippen LogP contribution in [0.5, 0.6) is 0 Å². The SMILES string of the molecule is CCC(C)(C)C1CCc2c(sc(NC(=O)Cn3cnc4c3c(=O)n(C)c(=O)n4C)c2C#N)C1. The molecule has 3 heterocycles. The van der Waals surface area contributed by atoms with E-state index < -0.39 is 11.2 Å². The first kappa shape index (κ1) is 23.0. The summed E-state index contributed by atoms with van der Waals surface area (Å²) in [5.41, 5.74) is 1.26. The fourth-order valence-corrected chi connectivity index (χ4v) is 5.88. The number of aryl methyl sites for hydroxylation is 1. The summed E-state index contributed by atoms with van der Waals surface area (Å²) in [6, 6.07) is 2.28. The molecule has 3 aromatic heterocycles. The molecular weight excluding hydrogens is 440 g/mol. The number of aromatic nitrogens is 4. The third-order valence-electron chi connectivity index (χ3n) is 7.18. The summed E-state index contributed by atoms with van der Waals surface area (Å²) < 4.78 is 3.71. The van der Waals surface area contributed by atoms with Gasteiger partial charge >= 0.3 is 5.69 Å². The first-order valence-electron chi connectivity index (χ1n) is 11.0. The minimum atomic E-state index is -0.507. The van der Waals surface area contributed by atoms with Crippen molar-refractivity contribution in [3.8, 4) is 6.07 Å². The molecule has 1 atom stereocenters. The van der Waals surface area contributed by atoms with E-state index in [2.05, 4.69) is 37.1 Å². The molecule has 9 nitrogen and oxygen atoms in total. The van der Waals surface area contributed by atoms with Gasteiger partial charge in [0, 0.05) is 19.0 Å². The van der Waals surface area contributed by atoms with Gasteiger partial charge in [-0.05, 0) is 36.2 Å². The van der Waals surface area contributed by atoms with Crippen molar-refractivity contribution in [3.05, 3.63) is 43.2 Å². The van der Waals surface area contributed by atoms with Crippen LogP contribution in [0.3, 0.4) is 0 Å². The Morgan fingerprint density at radius 3 is 2.73 bits per heavy atom. The highest BCUT2D eigenvalue weighted by atomic mass is 32.1. The minimum absolute atomic E-state index is 0.150. The van der Waals surface area contributed by atoms with Gasteiger partial charge in [0.1, 0.15) is 17.6 Å². The van der Waals surface area contributed by atoms with Crippen molar-refractivity contribution in [3.63, 3.8) is 0 Å². The number of nitrogens with zero attached hydrogens (tertiary/aromatic N) is 5. The van der Waals surface area contributed by atoms with E-state index >= 15 is 0 Å². The van der Waals surface area contributed by atoms with Crippen LogP contribution in [-0.2, 0) is 38.3 Å². The van der Waals surface area contributed by atoms with Crippen LogP contribution in [0.4, 0.5) is 5.00 Å². The van der Waals surface area contributed by atoms with Crippen molar-refractivity contribution in [1.82, 2.24) is 18.7 Å². The van der Waals surface area contributed by atoms with Gasteiger partial charge < -0.3 is 9.88 Å². The number of rotatable bonds is 5. The highest BCUT2D eigenvalue weighted by Crippen LogP contribution is 2.45. The number of hydrogen-bond acceptors (Lipinski definition) is 6. The quantitative estimate of drug-likeness (QED) is 0.618. The molecule has 0 saturated carbocycles. The van der Waals surface area contributed by atoms with E-state index in [0.29, 0.717) is 16.5 Å². The van der Waals surface area contributed by atoms with Gasteiger partial charge in [-0.25, -0.2) is 9.78 Å². The van der Waals surface area contributed by atoms with Crippen LogP contribution in [0.25, 0.3) is 11.2 Å². The molecule has 1 amide bonds. The summed E-state index contributed by atoms with van der Waals surface area (Å²) in [5, 5.41) is 13.2. The Kier molecular flexibility index (Phi) is 5.78. The number of amides is 1. The Morgan fingerprint density at radius 1 is 1.33 bits per heavy atom. The lowest BCUT2D eigenvalue weighted by Gasteiger charge is -2.36. The maximum atomic E-state index is 12.9. The molecule has 1 aliphatic rings. The molecule has 1 N–H and O–H groups in total. The van der Waals surface area contributed by atoms with Crippen LogP contribution >= 0.6 is 11.3 Å². The van der Waals surface area contributed by atoms with E-state index in [-0.39, 0.29) is 29.0 Å². The second-order valence-electron chi connectivity index (χ2n) is 9.40. The van der Waals surface area contributed by atoms with E-state index in [1.807, 2.05) is 0 Å². The van der Waals surface area contributed by atoms with Crippen LogP contribution < -0.4 is 16.6 Å². The zero-order valence-corrected chi connectivity index (χ0v) is 20.4. The van der Waals surface area contributed by atoms with Crippen molar-refractivity contribution in [2.45, 2.75) is 53.0 Å². The van der Waals surface area contributed by atoms with Gasteiger partial charge in [-0.3, -0.25) is 18.7 Å². The molecule has 0 aliphatic heterocycles. The normalized spacial score (nSPS) is 15.9. The zero-order chi connectivity index (χ0) is 24.1. The molecule has 0 radical (unpaired) electrons. The first-order valence-corrected chi connectivity index (χ1v) is 11.9. The second-order valence-corrected chi connectivity index (χ2v) is 10.5. The summed E-state index contributed by atoms with van der Waals surface area (Å²) in [7, 11) is 2.92. The van der Waals surface area contributed by atoms with Crippen molar-refractivity contribution < 1.29 is 4.79 Å². The molecule has 1 aliphatic carbocycles. The topological polar surface area (TPSA) is 115 Å². The molecule has 1 unspecified atom stereocenters. The van der Waals surface area contributed by atoms with Crippen molar-refractivity contribution >= 4 is 33.4 Å². The van der Waals surface area contributed by atoms with Crippen LogP contribution in [0.2, 0.25) is 0 Å². The molecule has 33 heavy (non-hydrogen) atoms. The van der Waals surface area contributed by atoms with Gasteiger partial charge in [-0.15, -0.1) is 11.3 Å². The molecule has 0 spiro atoms. The summed E-state index contributed by atoms with van der Waals surface area (Å²) in [4.78, 5) is 42.9. The molecule has 0 aromatic carbocycles. The fraction of sp³-hybridized carbons (Fsp3) is 0.522. The van der Waals surface area contributed by atoms with Gasteiger partial charge in [0.05, 0.1) is 11.9 Å². The van der Waals surface area contributed by atoms with Crippen molar-refractivity contribution in [2.75, 3.05) is 5.32 Å². The van der Waals surface area contributed by atoms with Crippen molar-refractivity contribution in [1.29, 1.82) is 5.26 Å². The maximum Gasteiger partial charge on any atom is 0.332 e. The van der Waals surface area contributed by atoms with E-state index in [4.69, 9.17) is 0 Å². The standard InChI is InChI=1S/C23H28N6O3S/c1-6-23(2,3)13-7-8-14-15(10-24)20(33-16(14)9-13)26-17(30)11-29-12-25-19-18(29)21(31)28(5)22(32)27(19)4/h12-13H,6-9,11H2,1-5H3,(H,26,30). The molecule has 0 bridgehead atoms.